The molecule has 9 nitrogen and oxygen atoms in total. The summed E-state index contributed by atoms with van der Waals surface area (Å²) in [5.41, 5.74) is 2.42. The molecule has 0 aliphatic rings. The molecule has 0 aliphatic heterocycles. The second-order valence-corrected chi connectivity index (χ2v) is 6.50. The Kier molecular flexibility index (Phi) is 6.38. The van der Waals surface area contributed by atoms with Crippen LogP contribution in [0, 0.1) is 20.8 Å². The Morgan fingerprint density at radius 3 is 2.62 bits per heavy atom. The number of aryl methyl sites for hydroxylation is 3. The number of nitrogens with zero attached hydrogens (tertiary/aromatic N) is 5. The molecule has 152 valence electrons. The predicted octanol–water partition coefficient (Wildman–Crippen LogP) is 2.22. The van der Waals surface area contributed by atoms with Gasteiger partial charge in [-0.15, -0.1) is 0 Å². The number of anilines is 1. The van der Waals surface area contributed by atoms with Gasteiger partial charge < -0.3 is 15.4 Å². The third-order valence-corrected chi connectivity index (χ3v) is 4.06. The van der Waals surface area contributed by atoms with Crippen LogP contribution in [0.15, 0.2) is 30.5 Å². The van der Waals surface area contributed by atoms with Gasteiger partial charge in [0.05, 0.1) is 17.9 Å². The molecular formula is C20H25N7O2. The van der Waals surface area contributed by atoms with E-state index >= 15 is 0 Å². The molecule has 0 radical (unpaired) electrons. The van der Waals surface area contributed by atoms with E-state index in [0.717, 1.165) is 11.4 Å². The van der Waals surface area contributed by atoms with Crippen LogP contribution in [0.3, 0.4) is 0 Å². The maximum absolute atomic E-state index is 12.2. The van der Waals surface area contributed by atoms with Gasteiger partial charge in [-0.05, 0) is 39.8 Å². The smallest absolute Gasteiger partial charge is 0.252 e. The fourth-order valence-electron chi connectivity index (χ4n) is 2.83. The van der Waals surface area contributed by atoms with Crippen molar-refractivity contribution in [1.29, 1.82) is 0 Å². The highest BCUT2D eigenvalue weighted by Crippen LogP contribution is 2.13. The lowest BCUT2D eigenvalue weighted by Crippen LogP contribution is -2.29. The number of nitrogens with one attached hydrogen (secondary N) is 2. The summed E-state index contributed by atoms with van der Waals surface area (Å²) in [4.78, 5) is 25.2. The molecule has 0 spiro atoms. The third kappa shape index (κ3) is 5.28. The maximum Gasteiger partial charge on any atom is 0.252 e. The average Bonchev–Trinajstić information content (AvgIpc) is 3.03. The molecule has 9 heteroatoms. The molecule has 0 bridgehead atoms. The number of amides is 1. The van der Waals surface area contributed by atoms with Crippen LogP contribution in [0.1, 0.15) is 34.5 Å². The van der Waals surface area contributed by atoms with Crippen molar-refractivity contribution < 1.29 is 9.53 Å². The monoisotopic (exact) mass is 395 g/mol. The van der Waals surface area contributed by atoms with Crippen LogP contribution in [-0.2, 0) is 0 Å². The molecule has 29 heavy (non-hydrogen) atoms. The van der Waals surface area contributed by atoms with Crippen molar-refractivity contribution in [3.8, 4) is 11.7 Å². The van der Waals surface area contributed by atoms with Gasteiger partial charge in [0.2, 0.25) is 5.88 Å². The van der Waals surface area contributed by atoms with E-state index in [4.69, 9.17) is 4.74 Å². The van der Waals surface area contributed by atoms with Crippen LogP contribution in [0.25, 0.3) is 5.82 Å². The van der Waals surface area contributed by atoms with Gasteiger partial charge in [0.25, 0.3) is 5.91 Å². The van der Waals surface area contributed by atoms with Crippen molar-refractivity contribution in [1.82, 2.24) is 30.0 Å². The molecule has 0 unspecified atom stereocenters. The van der Waals surface area contributed by atoms with Crippen molar-refractivity contribution in [2.75, 3.05) is 25.0 Å². The molecule has 0 fully saturated rings. The molecule has 3 rings (SSSR count). The quantitative estimate of drug-likeness (QED) is 0.563. The van der Waals surface area contributed by atoms with Crippen molar-refractivity contribution in [3.05, 3.63) is 53.2 Å². The van der Waals surface area contributed by atoms with Crippen LogP contribution >= 0.6 is 0 Å². The fourth-order valence-corrected chi connectivity index (χ4v) is 2.83. The molecule has 0 saturated carbocycles. The molecule has 3 aromatic rings. The summed E-state index contributed by atoms with van der Waals surface area (Å²) in [7, 11) is 0. The van der Waals surface area contributed by atoms with E-state index in [-0.39, 0.29) is 5.91 Å². The SMILES string of the molecule is CCOc1ccc(C(=O)NCCNc2cc(-n3nc(C)cc3C)nc(C)n2)cn1. The first-order valence-corrected chi connectivity index (χ1v) is 9.46. The number of carbonyl (C=O) groups excluding carboxylic acids is 1. The summed E-state index contributed by atoms with van der Waals surface area (Å²) in [5, 5.41) is 10.5. The first-order chi connectivity index (χ1) is 14.0. The first-order valence-electron chi connectivity index (χ1n) is 9.46. The number of hydrogen-bond donors (Lipinski definition) is 2. The minimum Gasteiger partial charge on any atom is -0.478 e. The molecule has 3 heterocycles. The minimum atomic E-state index is -0.190. The van der Waals surface area contributed by atoms with Gasteiger partial charge in [0.15, 0.2) is 5.82 Å². The summed E-state index contributed by atoms with van der Waals surface area (Å²) in [6.45, 7) is 9.13. The molecule has 1 amide bonds. The number of pyridine rings is 1. The third-order valence-electron chi connectivity index (χ3n) is 4.06. The van der Waals surface area contributed by atoms with Crippen LogP contribution < -0.4 is 15.4 Å². The Morgan fingerprint density at radius 1 is 1.14 bits per heavy atom. The summed E-state index contributed by atoms with van der Waals surface area (Å²) < 4.78 is 7.06. The summed E-state index contributed by atoms with van der Waals surface area (Å²) in [6, 6.07) is 7.20. The van der Waals surface area contributed by atoms with E-state index in [2.05, 4.69) is 30.7 Å². The Morgan fingerprint density at radius 2 is 1.97 bits per heavy atom. The molecule has 0 saturated heterocycles. The van der Waals surface area contributed by atoms with E-state index in [1.165, 1.54) is 6.20 Å². The van der Waals surface area contributed by atoms with Crippen LogP contribution in [0.2, 0.25) is 0 Å². The first kappa shape index (κ1) is 20.2. The van der Waals surface area contributed by atoms with Crippen molar-refractivity contribution >= 4 is 11.7 Å². The lowest BCUT2D eigenvalue weighted by molar-refractivity contribution is 0.0954. The van der Waals surface area contributed by atoms with Gasteiger partial charge in [-0.3, -0.25) is 4.79 Å². The molecule has 3 aromatic heterocycles. The average molecular weight is 395 g/mol. The van der Waals surface area contributed by atoms with Crippen molar-refractivity contribution in [3.63, 3.8) is 0 Å². The number of aromatic nitrogens is 5. The van der Waals surface area contributed by atoms with Gasteiger partial charge in [0, 0.05) is 37.1 Å². The van der Waals surface area contributed by atoms with Gasteiger partial charge in [0.1, 0.15) is 11.6 Å². The Balaban J connectivity index is 1.55. The molecule has 0 atom stereocenters. The van der Waals surface area contributed by atoms with Crippen LogP contribution in [0.5, 0.6) is 5.88 Å². The largest absolute Gasteiger partial charge is 0.478 e. The highest BCUT2D eigenvalue weighted by molar-refractivity contribution is 5.93. The standard InChI is InChI=1S/C20H25N7O2/c1-5-29-19-7-6-16(12-23-19)20(28)22-9-8-21-17-11-18(25-15(4)24-17)27-14(3)10-13(2)26-27/h6-7,10-12H,5,8-9H2,1-4H3,(H,22,28)(H,21,24,25). The lowest BCUT2D eigenvalue weighted by atomic mass is 10.2. The van der Waals surface area contributed by atoms with E-state index in [1.54, 1.807) is 16.8 Å². The number of carbonyl (C=O) groups is 1. The van der Waals surface area contributed by atoms with Gasteiger partial charge in [-0.2, -0.15) is 5.10 Å². The predicted molar refractivity (Wildman–Crippen MR) is 110 cm³/mol. The highest BCUT2D eigenvalue weighted by atomic mass is 16.5. The topological polar surface area (TPSA) is 107 Å². The zero-order valence-corrected chi connectivity index (χ0v) is 17.1. The van der Waals surface area contributed by atoms with E-state index < -0.39 is 0 Å². The normalized spacial score (nSPS) is 10.6. The number of rotatable bonds is 8. The zero-order valence-electron chi connectivity index (χ0n) is 17.1. The van der Waals surface area contributed by atoms with Crippen molar-refractivity contribution in [2.24, 2.45) is 0 Å². The van der Waals surface area contributed by atoms with Crippen molar-refractivity contribution in [2.45, 2.75) is 27.7 Å². The van der Waals surface area contributed by atoms with Gasteiger partial charge in [-0.25, -0.2) is 19.6 Å². The molecule has 0 aliphatic carbocycles. The van der Waals surface area contributed by atoms with E-state index in [9.17, 15) is 4.79 Å². The summed E-state index contributed by atoms with van der Waals surface area (Å²) in [5.74, 6) is 2.34. The second-order valence-electron chi connectivity index (χ2n) is 6.50. The van der Waals surface area contributed by atoms with Crippen LogP contribution in [-0.4, -0.2) is 50.3 Å². The molecular weight excluding hydrogens is 370 g/mol. The Labute approximate surface area is 169 Å². The lowest BCUT2D eigenvalue weighted by Gasteiger charge is -2.10. The fraction of sp³-hybridized carbons (Fsp3) is 0.350. The summed E-state index contributed by atoms with van der Waals surface area (Å²) in [6.07, 6.45) is 1.50. The second kappa shape index (κ2) is 9.13. The zero-order chi connectivity index (χ0) is 20.8. The molecule has 2 N–H and O–H groups in total. The number of hydrogen-bond acceptors (Lipinski definition) is 7. The van der Waals surface area contributed by atoms with E-state index in [0.29, 0.717) is 48.6 Å². The van der Waals surface area contributed by atoms with Gasteiger partial charge in [-0.1, -0.05) is 0 Å². The minimum absolute atomic E-state index is 0.190. The Hall–Kier alpha value is -3.49. The molecule has 0 aromatic carbocycles. The highest BCUT2D eigenvalue weighted by Gasteiger charge is 2.09. The van der Waals surface area contributed by atoms with Gasteiger partial charge >= 0.3 is 0 Å². The summed E-state index contributed by atoms with van der Waals surface area (Å²) >= 11 is 0. The van der Waals surface area contributed by atoms with E-state index in [1.807, 2.05) is 39.8 Å². The maximum atomic E-state index is 12.2. The Bertz CT molecular complexity index is 983. The van der Waals surface area contributed by atoms with Crippen LogP contribution in [0.4, 0.5) is 5.82 Å². The number of ether oxygens (including phenoxy) is 1.